The molecular weight excluding hydrogens is 304 g/mol. The van der Waals surface area contributed by atoms with Crippen molar-refractivity contribution in [1.29, 1.82) is 0 Å². The van der Waals surface area contributed by atoms with Gasteiger partial charge in [-0.05, 0) is 39.2 Å². The number of nitrogens with zero attached hydrogens (tertiary/aromatic N) is 1. The van der Waals surface area contributed by atoms with Crippen LogP contribution in [0.3, 0.4) is 0 Å². The van der Waals surface area contributed by atoms with Gasteiger partial charge < -0.3 is 14.9 Å². The van der Waals surface area contributed by atoms with Crippen LogP contribution in [0.5, 0.6) is 0 Å². The molecule has 2 rings (SSSR count). The topological polar surface area (TPSA) is 75.4 Å². The summed E-state index contributed by atoms with van der Waals surface area (Å²) in [5, 5.41) is 16.6. The van der Waals surface area contributed by atoms with Crippen LogP contribution in [0.4, 0.5) is 0 Å². The third-order valence-corrected chi connectivity index (χ3v) is 4.23. The first-order chi connectivity index (χ1) is 11.5. The van der Waals surface area contributed by atoms with Crippen LogP contribution < -0.4 is 5.32 Å². The van der Waals surface area contributed by atoms with Crippen molar-refractivity contribution < 1.29 is 14.4 Å². The van der Waals surface area contributed by atoms with Gasteiger partial charge >= 0.3 is 0 Å². The van der Waals surface area contributed by atoms with Gasteiger partial charge in [0.2, 0.25) is 5.91 Å². The fraction of sp³-hybridized carbons (Fsp3) is 0.474. The molecule has 24 heavy (non-hydrogen) atoms. The smallest absolute Gasteiger partial charge is 0.220 e. The Balaban J connectivity index is 1.88. The molecule has 0 radical (unpaired) electrons. The molecule has 0 saturated carbocycles. The third-order valence-electron chi connectivity index (χ3n) is 4.23. The number of hydrogen-bond donors (Lipinski definition) is 2. The minimum Gasteiger partial charge on any atom is -0.393 e. The second-order valence-electron chi connectivity index (χ2n) is 6.30. The summed E-state index contributed by atoms with van der Waals surface area (Å²) in [6, 6.07) is 9.98. The Morgan fingerprint density at radius 1 is 1.29 bits per heavy atom. The summed E-state index contributed by atoms with van der Waals surface area (Å²) in [4.78, 5) is 12.2. The maximum Gasteiger partial charge on any atom is 0.220 e. The molecule has 1 amide bonds. The molecule has 5 nitrogen and oxygen atoms in total. The van der Waals surface area contributed by atoms with Crippen molar-refractivity contribution in [3.05, 3.63) is 52.9 Å². The number of aryl methyl sites for hydroxylation is 2. The fourth-order valence-corrected chi connectivity index (χ4v) is 2.90. The van der Waals surface area contributed by atoms with Gasteiger partial charge in [-0.2, -0.15) is 0 Å². The number of aromatic nitrogens is 1. The van der Waals surface area contributed by atoms with E-state index in [1.54, 1.807) is 6.92 Å². The molecule has 0 fully saturated rings. The van der Waals surface area contributed by atoms with Gasteiger partial charge in [-0.3, -0.25) is 4.79 Å². The molecule has 0 spiro atoms. The predicted molar refractivity (Wildman–Crippen MR) is 92.8 cm³/mol. The Hall–Kier alpha value is -2.14. The number of rotatable bonds is 8. The number of nitrogens with one attached hydrogen (secondary N) is 1. The fourth-order valence-electron chi connectivity index (χ4n) is 2.90. The van der Waals surface area contributed by atoms with Crippen molar-refractivity contribution in [2.24, 2.45) is 0 Å². The van der Waals surface area contributed by atoms with Gasteiger partial charge in [-0.1, -0.05) is 35.5 Å². The first-order valence-corrected chi connectivity index (χ1v) is 8.38. The van der Waals surface area contributed by atoms with Crippen molar-refractivity contribution in [2.75, 3.05) is 6.54 Å². The van der Waals surface area contributed by atoms with E-state index in [0.717, 1.165) is 22.6 Å². The lowest BCUT2D eigenvalue weighted by molar-refractivity contribution is -0.121. The van der Waals surface area contributed by atoms with E-state index in [9.17, 15) is 9.90 Å². The van der Waals surface area contributed by atoms with Crippen molar-refractivity contribution in [3.8, 4) is 0 Å². The molecule has 0 bridgehead atoms. The Kier molecular flexibility index (Phi) is 6.55. The molecule has 1 heterocycles. The number of aliphatic hydroxyl groups is 1. The number of amides is 1. The summed E-state index contributed by atoms with van der Waals surface area (Å²) >= 11 is 0. The lowest BCUT2D eigenvalue weighted by Gasteiger charge is -2.19. The first-order valence-electron chi connectivity index (χ1n) is 8.38. The van der Waals surface area contributed by atoms with Gasteiger partial charge in [0.15, 0.2) is 0 Å². The second kappa shape index (κ2) is 8.64. The van der Waals surface area contributed by atoms with E-state index >= 15 is 0 Å². The first kappa shape index (κ1) is 18.2. The standard InChI is InChI=1S/C19H26N2O3/c1-13(22)11-17(16-7-5-4-6-8-16)12-20-19(23)10-9-18-14(2)21-24-15(18)3/h4-8,13,17,22H,9-12H2,1-3H3,(H,20,23). The van der Waals surface area contributed by atoms with Crippen molar-refractivity contribution >= 4 is 5.91 Å². The van der Waals surface area contributed by atoms with E-state index in [1.807, 2.05) is 44.2 Å². The van der Waals surface area contributed by atoms with Gasteiger partial charge in [0.05, 0.1) is 11.8 Å². The van der Waals surface area contributed by atoms with E-state index in [4.69, 9.17) is 4.52 Å². The molecule has 130 valence electrons. The average Bonchev–Trinajstić information content (AvgIpc) is 2.88. The van der Waals surface area contributed by atoms with Crippen molar-refractivity contribution in [3.63, 3.8) is 0 Å². The van der Waals surface area contributed by atoms with Gasteiger partial charge in [0.1, 0.15) is 5.76 Å². The zero-order valence-electron chi connectivity index (χ0n) is 14.6. The van der Waals surface area contributed by atoms with Crippen molar-refractivity contribution in [2.45, 2.75) is 52.1 Å². The maximum atomic E-state index is 12.2. The van der Waals surface area contributed by atoms with Crippen LogP contribution in [0.15, 0.2) is 34.9 Å². The molecule has 2 aromatic rings. The number of carbonyl (C=O) groups excluding carboxylic acids is 1. The quantitative estimate of drug-likeness (QED) is 0.780. The molecular formula is C19H26N2O3. The van der Waals surface area contributed by atoms with Gasteiger partial charge in [-0.25, -0.2) is 0 Å². The van der Waals surface area contributed by atoms with Gasteiger partial charge in [0.25, 0.3) is 0 Å². The SMILES string of the molecule is Cc1noc(C)c1CCC(=O)NCC(CC(C)O)c1ccccc1. The number of benzene rings is 1. The lowest BCUT2D eigenvalue weighted by atomic mass is 9.93. The Bertz CT molecular complexity index is 630. The van der Waals surface area contributed by atoms with Crippen LogP contribution in [0.1, 0.15) is 48.3 Å². The highest BCUT2D eigenvalue weighted by Gasteiger charge is 2.16. The normalized spacial score (nSPS) is 13.5. The Morgan fingerprint density at radius 3 is 2.58 bits per heavy atom. The molecule has 2 N–H and O–H groups in total. The highest BCUT2D eigenvalue weighted by atomic mass is 16.5. The Morgan fingerprint density at radius 2 is 2.00 bits per heavy atom. The van der Waals surface area contributed by atoms with Crippen LogP contribution >= 0.6 is 0 Å². The van der Waals surface area contributed by atoms with E-state index in [1.165, 1.54) is 0 Å². The zero-order chi connectivity index (χ0) is 17.5. The molecule has 0 aliphatic rings. The summed E-state index contributed by atoms with van der Waals surface area (Å²) < 4.78 is 5.12. The molecule has 1 aromatic carbocycles. The van der Waals surface area contributed by atoms with Crippen LogP contribution in [0.2, 0.25) is 0 Å². The monoisotopic (exact) mass is 330 g/mol. The maximum absolute atomic E-state index is 12.2. The average molecular weight is 330 g/mol. The number of carbonyl (C=O) groups is 1. The molecule has 0 saturated heterocycles. The van der Waals surface area contributed by atoms with Gasteiger partial charge in [0, 0.05) is 24.4 Å². The van der Waals surface area contributed by atoms with E-state index < -0.39 is 6.10 Å². The largest absolute Gasteiger partial charge is 0.393 e. The summed E-state index contributed by atoms with van der Waals surface area (Å²) in [6.07, 6.45) is 1.24. The van der Waals surface area contributed by atoms with Crippen LogP contribution in [0, 0.1) is 13.8 Å². The van der Waals surface area contributed by atoms with E-state index in [0.29, 0.717) is 25.8 Å². The highest BCUT2D eigenvalue weighted by Crippen LogP contribution is 2.20. The minimum absolute atomic E-state index is 0.00141. The molecule has 1 aromatic heterocycles. The zero-order valence-corrected chi connectivity index (χ0v) is 14.6. The summed E-state index contributed by atoms with van der Waals surface area (Å²) in [5.41, 5.74) is 2.98. The molecule has 0 aliphatic heterocycles. The Labute approximate surface area is 143 Å². The molecule has 2 unspecified atom stereocenters. The van der Waals surface area contributed by atoms with E-state index in [2.05, 4.69) is 10.5 Å². The summed E-state index contributed by atoms with van der Waals surface area (Å²) in [6.45, 7) is 6.05. The van der Waals surface area contributed by atoms with Crippen LogP contribution in [-0.4, -0.2) is 28.8 Å². The van der Waals surface area contributed by atoms with Crippen LogP contribution in [-0.2, 0) is 11.2 Å². The highest BCUT2D eigenvalue weighted by molar-refractivity contribution is 5.76. The summed E-state index contributed by atoms with van der Waals surface area (Å²) in [5.74, 6) is 0.882. The number of hydrogen-bond acceptors (Lipinski definition) is 4. The van der Waals surface area contributed by atoms with Crippen LogP contribution in [0.25, 0.3) is 0 Å². The summed E-state index contributed by atoms with van der Waals surface area (Å²) in [7, 11) is 0. The molecule has 2 atom stereocenters. The second-order valence-corrected chi connectivity index (χ2v) is 6.30. The minimum atomic E-state index is -0.408. The van der Waals surface area contributed by atoms with Crippen molar-refractivity contribution in [1.82, 2.24) is 10.5 Å². The lowest BCUT2D eigenvalue weighted by Crippen LogP contribution is -2.30. The molecule has 0 aliphatic carbocycles. The van der Waals surface area contributed by atoms with Gasteiger partial charge in [-0.15, -0.1) is 0 Å². The van der Waals surface area contributed by atoms with E-state index in [-0.39, 0.29) is 11.8 Å². The predicted octanol–water partition coefficient (Wildman–Crippen LogP) is 2.89. The third kappa shape index (κ3) is 5.20. The molecule has 5 heteroatoms. The number of aliphatic hydroxyl groups excluding tert-OH is 1.